The summed E-state index contributed by atoms with van der Waals surface area (Å²) in [6, 6.07) is 0. The van der Waals surface area contributed by atoms with E-state index in [2.05, 4.69) is 10.2 Å². The number of carbonyl (C=O) groups is 2. The van der Waals surface area contributed by atoms with Gasteiger partial charge in [-0.15, -0.1) is 5.10 Å². The lowest BCUT2D eigenvalue weighted by Crippen LogP contribution is -2.52. The van der Waals surface area contributed by atoms with Crippen LogP contribution < -0.4 is 10.6 Å². The molecule has 2 fully saturated rings. The highest BCUT2D eigenvalue weighted by Crippen LogP contribution is 2.35. The van der Waals surface area contributed by atoms with Gasteiger partial charge in [-0.05, 0) is 38.2 Å². The predicted octanol–water partition coefficient (Wildman–Crippen LogP) is 0.266. The topological polar surface area (TPSA) is 102 Å². The van der Waals surface area contributed by atoms with Crippen LogP contribution in [0.1, 0.15) is 34.5 Å². The van der Waals surface area contributed by atoms with Crippen molar-refractivity contribution in [3.63, 3.8) is 0 Å². The fourth-order valence-corrected chi connectivity index (χ4v) is 3.32. The number of aryl methyl sites for hydroxylation is 1. The Morgan fingerprint density at radius 3 is 2.32 bits per heavy atom. The Kier molecular flexibility index (Phi) is 4.89. The smallest absolute Gasteiger partial charge is 0.252 e. The van der Waals surface area contributed by atoms with Gasteiger partial charge in [0.2, 0.25) is 0 Å². The van der Waals surface area contributed by atoms with Crippen LogP contribution in [0.5, 0.6) is 0 Å². The van der Waals surface area contributed by atoms with Crippen molar-refractivity contribution < 1.29 is 14.3 Å². The van der Waals surface area contributed by atoms with E-state index in [4.69, 9.17) is 10.5 Å². The van der Waals surface area contributed by atoms with Crippen LogP contribution in [-0.4, -0.2) is 66.3 Å². The molecule has 1 unspecified atom stereocenters. The van der Waals surface area contributed by atoms with Gasteiger partial charge in [0.15, 0.2) is 5.82 Å². The quantitative estimate of drug-likeness (QED) is 0.820. The van der Waals surface area contributed by atoms with Crippen molar-refractivity contribution >= 4 is 17.6 Å². The Morgan fingerprint density at radius 2 is 1.80 bits per heavy atom. The lowest BCUT2D eigenvalue weighted by atomic mass is 10.1. The highest BCUT2D eigenvalue weighted by atomic mass is 16.5. The van der Waals surface area contributed by atoms with E-state index >= 15 is 0 Å². The second-order valence-corrected chi connectivity index (χ2v) is 6.78. The number of hydrogen-bond donors (Lipinski definition) is 1. The Balaban J connectivity index is 1.71. The van der Waals surface area contributed by atoms with E-state index in [0.29, 0.717) is 49.2 Å². The number of nitrogens with two attached hydrogens (primary N) is 1. The van der Waals surface area contributed by atoms with Gasteiger partial charge >= 0.3 is 0 Å². The van der Waals surface area contributed by atoms with E-state index in [9.17, 15) is 9.59 Å². The lowest BCUT2D eigenvalue weighted by molar-refractivity contribution is -0.143. The molecule has 8 nitrogen and oxygen atoms in total. The molecule has 0 spiro atoms. The number of carbonyl (C=O) groups excluding carboxylic acids is 2. The third-order valence-corrected chi connectivity index (χ3v) is 5.12. The third-order valence-electron chi connectivity index (χ3n) is 5.12. The molecule has 1 aromatic rings. The SMILES string of the molecule is COC(C(=O)N1CCN(c2nnc(C)c(C)c2C(N)=O)CC1)C1CC1. The molecule has 136 valence electrons. The Labute approximate surface area is 147 Å². The molecule has 1 saturated heterocycles. The predicted molar refractivity (Wildman–Crippen MR) is 92.3 cm³/mol. The Bertz CT molecular complexity index is 681. The zero-order chi connectivity index (χ0) is 18.1. The summed E-state index contributed by atoms with van der Waals surface area (Å²) in [5.74, 6) is 0.430. The first-order valence-corrected chi connectivity index (χ1v) is 8.64. The van der Waals surface area contributed by atoms with Crippen molar-refractivity contribution in [1.29, 1.82) is 0 Å². The highest BCUT2D eigenvalue weighted by molar-refractivity contribution is 5.99. The van der Waals surface area contributed by atoms with Gasteiger partial charge in [0.25, 0.3) is 11.8 Å². The average molecular weight is 347 g/mol. The summed E-state index contributed by atoms with van der Waals surface area (Å²) in [5, 5.41) is 8.31. The number of methoxy groups -OCH3 is 1. The summed E-state index contributed by atoms with van der Waals surface area (Å²) in [7, 11) is 1.60. The average Bonchev–Trinajstić information content (AvgIpc) is 3.42. The van der Waals surface area contributed by atoms with Gasteiger partial charge in [0.1, 0.15) is 6.10 Å². The van der Waals surface area contributed by atoms with Crippen LogP contribution >= 0.6 is 0 Å². The van der Waals surface area contributed by atoms with E-state index in [1.165, 1.54) is 0 Å². The fourth-order valence-electron chi connectivity index (χ4n) is 3.32. The number of nitrogens with zero attached hydrogens (tertiary/aromatic N) is 4. The molecule has 1 aliphatic heterocycles. The van der Waals surface area contributed by atoms with Crippen LogP contribution in [-0.2, 0) is 9.53 Å². The zero-order valence-corrected chi connectivity index (χ0v) is 15.0. The van der Waals surface area contributed by atoms with Crippen LogP contribution in [0.4, 0.5) is 5.82 Å². The second kappa shape index (κ2) is 6.95. The number of aromatic nitrogens is 2. The Hall–Kier alpha value is -2.22. The van der Waals surface area contributed by atoms with E-state index in [1.807, 2.05) is 16.7 Å². The lowest BCUT2D eigenvalue weighted by Gasteiger charge is -2.37. The zero-order valence-electron chi connectivity index (χ0n) is 15.0. The van der Waals surface area contributed by atoms with Crippen LogP contribution in [0.25, 0.3) is 0 Å². The van der Waals surface area contributed by atoms with Crippen molar-refractivity contribution in [3.05, 3.63) is 16.8 Å². The highest BCUT2D eigenvalue weighted by Gasteiger charge is 2.39. The molecule has 2 N–H and O–H groups in total. The molecule has 1 saturated carbocycles. The minimum atomic E-state index is -0.503. The number of ether oxygens (including phenoxy) is 1. The molecule has 0 bridgehead atoms. The molecule has 2 aliphatic rings. The first kappa shape index (κ1) is 17.6. The molecule has 2 amide bonds. The summed E-state index contributed by atoms with van der Waals surface area (Å²) in [5.41, 5.74) is 7.41. The fraction of sp³-hybridized carbons (Fsp3) is 0.647. The maximum absolute atomic E-state index is 12.6. The van der Waals surface area contributed by atoms with Gasteiger partial charge < -0.3 is 20.3 Å². The minimum Gasteiger partial charge on any atom is -0.371 e. The normalized spacial score (nSPS) is 19.0. The van der Waals surface area contributed by atoms with Crippen LogP contribution in [0, 0.1) is 19.8 Å². The second-order valence-electron chi connectivity index (χ2n) is 6.78. The number of hydrogen-bond acceptors (Lipinski definition) is 6. The molecule has 8 heteroatoms. The molecule has 3 rings (SSSR count). The van der Waals surface area contributed by atoms with Gasteiger partial charge in [0, 0.05) is 33.3 Å². The molecular weight excluding hydrogens is 322 g/mol. The largest absolute Gasteiger partial charge is 0.371 e. The summed E-state index contributed by atoms with van der Waals surface area (Å²) in [4.78, 5) is 28.3. The van der Waals surface area contributed by atoms with Gasteiger partial charge in [-0.2, -0.15) is 5.10 Å². The van der Waals surface area contributed by atoms with E-state index in [0.717, 1.165) is 18.4 Å². The van der Waals surface area contributed by atoms with Gasteiger partial charge in [-0.25, -0.2) is 0 Å². The van der Waals surface area contributed by atoms with Gasteiger partial charge in [-0.3, -0.25) is 9.59 Å². The van der Waals surface area contributed by atoms with Crippen molar-refractivity contribution in [2.75, 3.05) is 38.2 Å². The maximum atomic E-state index is 12.6. The van der Waals surface area contributed by atoms with E-state index < -0.39 is 5.91 Å². The minimum absolute atomic E-state index is 0.0611. The van der Waals surface area contributed by atoms with Gasteiger partial charge in [-0.1, -0.05) is 0 Å². The third kappa shape index (κ3) is 3.44. The van der Waals surface area contributed by atoms with Crippen molar-refractivity contribution in [2.45, 2.75) is 32.8 Å². The summed E-state index contributed by atoms with van der Waals surface area (Å²) < 4.78 is 5.39. The van der Waals surface area contributed by atoms with Crippen LogP contribution in [0.15, 0.2) is 0 Å². The van der Waals surface area contributed by atoms with Crippen molar-refractivity contribution in [3.8, 4) is 0 Å². The van der Waals surface area contributed by atoms with Crippen molar-refractivity contribution in [1.82, 2.24) is 15.1 Å². The van der Waals surface area contributed by atoms with Gasteiger partial charge in [0.05, 0.1) is 11.3 Å². The van der Waals surface area contributed by atoms with Crippen LogP contribution in [0.2, 0.25) is 0 Å². The first-order chi connectivity index (χ1) is 11.9. The molecule has 1 aromatic heterocycles. The number of anilines is 1. The first-order valence-electron chi connectivity index (χ1n) is 8.64. The number of rotatable bonds is 5. The van der Waals surface area contributed by atoms with E-state index in [-0.39, 0.29) is 12.0 Å². The van der Waals surface area contributed by atoms with Crippen LogP contribution in [0.3, 0.4) is 0 Å². The summed E-state index contributed by atoms with van der Waals surface area (Å²) in [6.07, 6.45) is 1.80. The molecule has 25 heavy (non-hydrogen) atoms. The number of amides is 2. The number of piperazine rings is 1. The summed E-state index contributed by atoms with van der Waals surface area (Å²) in [6.45, 7) is 5.94. The molecule has 2 heterocycles. The van der Waals surface area contributed by atoms with E-state index in [1.54, 1.807) is 14.0 Å². The van der Waals surface area contributed by atoms with Crippen molar-refractivity contribution in [2.24, 2.45) is 11.7 Å². The Morgan fingerprint density at radius 1 is 1.16 bits per heavy atom. The molecule has 0 aromatic carbocycles. The maximum Gasteiger partial charge on any atom is 0.252 e. The molecule has 1 aliphatic carbocycles. The molecular formula is C17H25N5O3. The standard InChI is InChI=1S/C17H25N5O3/c1-10-11(2)19-20-16(13(10)15(18)23)21-6-8-22(9-7-21)17(24)14(25-3)12-4-5-12/h12,14H,4-9H2,1-3H3,(H2,18,23). The molecule has 1 atom stereocenters. The summed E-state index contributed by atoms with van der Waals surface area (Å²) >= 11 is 0. The molecule has 0 radical (unpaired) electrons. The monoisotopic (exact) mass is 347 g/mol. The number of primary amides is 1.